The van der Waals surface area contributed by atoms with Crippen LogP contribution in [0.15, 0.2) is 30.6 Å². The molecular weight excluding hydrogens is 330 g/mol. The first-order valence-corrected chi connectivity index (χ1v) is 9.28. The zero-order valence-electron chi connectivity index (χ0n) is 15.2. The van der Waals surface area contributed by atoms with Crippen LogP contribution >= 0.6 is 0 Å². The van der Waals surface area contributed by atoms with E-state index in [0.717, 1.165) is 42.7 Å². The largest absolute Gasteiger partial charge is 0.378 e. The Kier molecular flexibility index (Phi) is 4.88. The number of ether oxygens (including phenoxy) is 1. The first-order chi connectivity index (χ1) is 12.7. The number of hydrogen-bond donors (Lipinski definition) is 0. The van der Waals surface area contributed by atoms with Gasteiger partial charge in [0.1, 0.15) is 12.1 Å². The minimum Gasteiger partial charge on any atom is -0.378 e. The van der Waals surface area contributed by atoms with Gasteiger partial charge in [0.25, 0.3) is 0 Å². The molecule has 2 amide bonds. The van der Waals surface area contributed by atoms with E-state index >= 15 is 0 Å². The Bertz CT molecular complexity index is 764. The van der Waals surface area contributed by atoms with Gasteiger partial charge in [0, 0.05) is 44.7 Å². The standard InChI is InChI=1S/C19H25N5O2/c1-22(19(25)24-10-12-26-13-11-24)15-6-8-23(9-7-15)18-16-4-2-3-5-17(16)20-14-21-18/h2-5,14-15H,6-13H2,1H3. The molecule has 4 rings (SSSR count). The van der Waals surface area contributed by atoms with Crippen LogP contribution in [0.1, 0.15) is 12.8 Å². The van der Waals surface area contributed by atoms with Crippen molar-refractivity contribution in [2.75, 3.05) is 51.3 Å². The summed E-state index contributed by atoms with van der Waals surface area (Å²) >= 11 is 0. The van der Waals surface area contributed by atoms with Gasteiger partial charge in [-0.25, -0.2) is 14.8 Å². The summed E-state index contributed by atoms with van der Waals surface area (Å²) in [5.41, 5.74) is 0.972. The lowest BCUT2D eigenvalue weighted by Crippen LogP contribution is -2.52. The van der Waals surface area contributed by atoms with E-state index in [2.05, 4.69) is 20.9 Å². The number of fused-ring (bicyclic) bond motifs is 1. The molecule has 0 unspecified atom stereocenters. The van der Waals surface area contributed by atoms with E-state index in [-0.39, 0.29) is 12.1 Å². The van der Waals surface area contributed by atoms with E-state index in [1.54, 1.807) is 6.33 Å². The molecule has 2 fully saturated rings. The van der Waals surface area contributed by atoms with Gasteiger partial charge in [-0.2, -0.15) is 0 Å². The van der Waals surface area contributed by atoms with Gasteiger partial charge in [0.05, 0.1) is 18.7 Å². The van der Waals surface area contributed by atoms with Crippen LogP contribution in [0.25, 0.3) is 10.9 Å². The molecule has 1 aromatic carbocycles. The number of anilines is 1. The molecule has 2 aliphatic heterocycles. The Labute approximate surface area is 153 Å². The maximum absolute atomic E-state index is 12.7. The number of carbonyl (C=O) groups is 1. The van der Waals surface area contributed by atoms with E-state index in [9.17, 15) is 4.79 Å². The highest BCUT2D eigenvalue weighted by Gasteiger charge is 2.29. The van der Waals surface area contributed by atoms with E-state index < -0.39 is 0 Å². The first kappa shape index (κ1) is 17.0. The van der Waals surface area contributed by atoms with Crippen molar-refractivity contribution in [2.24, 2.45) is 0 Å². The average molecular weight is 355 g/mol. The van der Waals surface area contributed by atoms with Crippen LogP contribution in [0.3, 0.4) is 0 Å². The molecule has 0 radical (unpaired) electrons. The maximum Gasteiger partial charge on any atom is 0.320 e. The molecule has 3 heterocycles. The molecule has 1 aromatic heterocycles. The normalized spacial score (nSPS) is 19.0. The smallest absolute Gasteiger partial charge is 0.320 e. The van der Waals surface area contributed by atoms with Crippen molar-refractivity contribution in [3.63, 3.8) is 0 Å². The summed E-state index contributed by atoms with van der Waals surface area (Å²) in [6.45, 7) is 4.44. The molecule has 0 atom stereocenters. The highest BCUT2D eigenvalue weighted by Crippen LogP contribution is 2.26. The average Bonchev–Trinajstić information content (AvgIpc) is 2.73. The van der Waals surface area contributed by atoms with Crippen molar-refractivity contribution in [1.82, 2.24) is 19.8 Å². The number of benzene rings is 1. The molecule has 0 spiro atoms. The molecule has 2 aromatic rings. The summed E-state index contributed by atoms with van der Waals surface area (Å²) in [5.74, 6) is 0.996. The summed E-state index contributed by atoms with van der Waals surface area (Å²) in [7, 11) is 1.93. The Morgan fingerprint density at radius 1 is 1.12 bits per heavy atom. The summed E-state index contributed by atoms with van der Waals surface area (Å²) in [4.78, 5) is 27.7. The second-order valence-corrected chi connectivity index (χ2v) is 6.93. The van der Waals surface area contributed by atoms with Gasteiger partial charge in [-0.05, 0) is 25.0 Å². The number of para-hydroxylation sites is 1. The minimum atomic E-state index is 0.124. The summed E-state index contributed by atoms with van der Waals surface area (Å²) < 4.78 is 5.34. The van der Waals surface area contributed by atoms with E-state index in [1.165, 1.54) is 0 Å². The van der Waals surface area contributed by atoms with Crippen molar-refractivity contribution in [3.05, 3.63) is 30.6 Å². The lowest BCUT2D eigenvalue weighted by Gasteiger charge is -2.40. The number of urea groups is 1. The van der Waals surface area contributed by atoms with Crippen molar-refractivity contribution in [1.29, 1.82) is 0 Å². The zero-order chi connectivity index (χ0) is 17.9. The highest BCUT2D eigenvalue weighted by atomic mass is 16.5. The molecule has 7 nitrogen and oxygen atoms in total. The maximum atomic E-state index is 12.7. The molecule has 2 aliphatic rings. The van der Waals surface area contributed by atoms with Gasteiger partial charge in [-0.3, -0.25) is 0 Å². The lowest BCUT2D eigenvalue weighted by atomic mass is 10.0. The zero-order valence-corrected chi connectivity index (χ0v) is 15.2. The molecular formula is C19H25N5O2. The summed E-state index contributed by atoms with van der Waals surface area (Å²) in [5, 5.41) is 1.09. The summed E-state index contributed by atoms with van der Waals surface area (Å²) in [6.07, 6.45) is 3.54. The van der Waals surface area contributed by atoms with Gasteiger partial charge in [0.2, 0.25) is 0 Å². The van der Waals surface area contributed by atoms with Crippen LogP contribution in [0.4, 0.5) is 10.6 Å². The van der Waals surface area contributed by atoms with Crippen LogP contribution in [0.5, 0.6) is 0 Å². The number of aromatic nitrogens is 2. The van der Waals surface area contributed by atoms with Gasteiger partial charge in [-0.15, -0.1) is 0 Å². The predicted molar refractivity (Wildman–Crippen MR) is 100 cm³/mol. The summed E-state index contributed by atoms with van der Waals surface area (Å²) in [6, 6.07) is 8.51. The van der Waals surface area contributed by atoms with Crippen molar-refractivity contribution in [2.45, 2.75) is 18.9 Å². The van der Waals surface area contributed by atoms with E-state index in [1.807, 2.05) is 35.0 Å². The van der Waals surface area contributed by atoms with Crippen LogP contribution in [0, 0.1) is 0 Å². The molecule has 7 heteroatoms. The molecule has 138 valence electrons. The van der Waals surface area contributed by atoms with Crippen molar-refractivity contribution < 1.29 is 9.53 Å². The molecule has 0 bridgehead atoms. The second-order valence-electron chi connectivity index (χ2n) is 6.93. The van der Waals surface area contributed by atoms with Crippen LogP contribution in [0.2, 0.25) is 0 Å². The third kappa shape index (κ3) is 3.31. The van der Waals surface area contributed by atoms with Crippen LogP contribution in [-0.4, -0.2) is 78.3 Å². The van der Waals surface area contributed by atoms with Gasteiger partial charge in [0.15, 0.2) is 0 Å². The number of morpholine rings is 1. The monoisotopic (exact) mass is 355 g/mol. The quantitative estimate of drug-likeness (QED) is 0.824. The van der Waals surface area contributed by atoms with Crippen molar-refractivity contribution >= 4 is 22.8 Å². The lowest BCUT2D eigenvalue weighted by molar-refractivity contribution is 0.0409. The van der Waals surface area contributed by atoms with E-state index in [0.29, 0.717) is 26.3 Å². The molecule has 2 saturated heterocycles. The van der Waals surface area contributed by atoms with Gasteiger partial charge >= 0.3 is 6.03 Å². The topological polar surface area (TPSA) is 61.8 Å². The number of hydrogen-bond acceptors (Lipinski definition) is 5. The Balaban J connectivity index is 1.41. The molecule has 0 aliphatic carbocycles. The fraction of sp³-hybridized carbons (Fsp3) is 0.526. The molecule has 0 N–H and O–H groups in total. The molecule has 26 heavy (non-hydrogen) atoms. The third-order valence-corrected chi connectivity index (χ3v) is 5.42. The fourth-order valence-electron chi connectivity index (χ4n) is 3.84. The van der Waals surface area contributed by atoms with Crippen molar-refractivity contribution in [3.8, 4) is 0 Å². The minimum absolute atomic E-state index is 0.124. The first-order valence-electron chi connectivity index (χ1n) is 9.28. The van der Waals surface area contributed by atoms with Gasteiger partial charge < -0.3 is 19.4 Å². The third-order valence-electron chi connectivity index (χ3n) is 5.42. The predicted octanol–water partition coefficient (Wildman–Crippen LogP) is 1.98. The number of amides is 2. The SMILES string of the molecule is CN(C(=O)N1CCOCC1)C1CCN(c2ncnc3ccccc23)CC1. The number of rotatable bonds is 2. The van der Waals surface area contributed by atoms with Crippen LogP contribution in [-0.2, 0) is 4.74 Å². The van der Waals surface area contributed by atoms with Crippen LogP contribution < -0.4 is 4.90 Å². The van der Waals surface area contributed by atoms with E-state index in [4.69, 9.17) is 4.74 Å². The highest BCUT2D eigenvalue weighted by molar-refractivity contribution is 5.89. The van der Waals surface area contributed by atoms with Gasteiger partial charge in [-0.1, -0.05) is 12.1 Å². The fourth-order valence-corrected chi connectivity index (χ4v) is 3.84. The Morgan fingerprint density at radius 2 is 1.85 bits per heavy atom. The Morgan fingerprint density at radius 3 is 2.62 bits per heavy atom. The number of piperidine rings is 1. The number of carbonyl (C=O) groups excluding carboxylic acids is 1. The number of nitrogens with zero attached hydrogens (tertiary/aromatic N) is 5. The molecule has 0 saturated carbocycles. The second kappa shape index (κ2) is 7.45. The Hall–Kier alpha value is -2.41.